The second kappa shape index (κ2) is 4.54. The van der Waals surface area contributed by atoms with Crippen LogP contribution in [0.5, 0.6) is 0 Å². The van der Waals surface area contributed by atoms with Gasteiger partial charge in [-0.25, -0.2) is 0 Å². The number of aromatic nitrogens is 2. The van der Waals surface area contributed by atoms with Crippen molar-refractivity contribution in [3.8, 4) is 0 Å². The van der Waals surface area contributed by atoms with Crippen LogP contribution < -0.4 is 0 Å². The van der Waals surface area contributed by atoms with Crippen LogP contribution in [0.4, 0.5) is 0 Å². The van der Waals surface area contributed by atoms with E-state index in [-0.39, 0.29) is 0 Å². The molecule has 2 atom stereocenters. The summed E-state index contributed by atoms with van der Waals surface area (Å²) in [6.07, 6.45) is 3.24. The van der Waals surface area contributed by atoms with E-state index in [1.807, 2.05) is 17.9 Å². The zero-order valence-electron chi connectivity index (χ0n) is 9.36. The average Bonchev–Trinajstić information content (AvgIpc) is 2.75. The van der Waals surface area contributed by atoms with Gasteiger partial charge in [0.05, 0.1) is 5.69 Å². The van der Waals surface area contributed by atoms with E-state index < -0.39 is 0 Å². The minimum absolute atomic E-state index is 0.522. The van der Waals surface area contributed by atoms with Crippen molar-refractivity contribution >= 4 is 11.6 Å². The van der Waals surface area contributed by atoms with Crippen molar-refractivity contribution in [2.45, 2.75) is 25.9 Å². The second-order valence-electron chi connectivity index (χ2n) is 4.44. The van der Waals surface area contributed by atoms with Crippen molar-refractivity contribution in [2.24, 2.45) is 13.0 Å². The van der Waals surface area contributed by atoms with Crippen LogP contribution >= 0.6 is 11.6 Å². The maximum atomic E-state index is 6.00. The van der Waals surface area contributed by atoms with Gasteiger partial charge in [0.15, 0.2) is 0 Å². The highest BCUT2D eigenvalue weighted by Crippen LogP contribution is 2.26. The smallest absolute Gasteiger partial charge is 0.0764 e. The lowest BCUT2D eigenvalue weighted by atomic mass is 10.1. The Balaban J connectivity index is 2.00. The quantitative estimate of drug-likeness (QED) is 0.736. The fourth-order valence-electron chi connectivity index (χ4n) is 2.29. The molecule has 0 saturated carbocycles. The molecule has 0 spiro atoms. The van der Waals surface area contributed by atoms with Gasteiger partial charge in [-0.1, -0.05) is 6.92 Å². The lowest BCUT2D eigenvalue weighted by Crippen LogP contribution is -2.33. The summed E-state index contributed by atoms with van der Waals surface area (Å²) in [4.78, 5) is 2.44. The highest BCUT2D eigenvalue weighted by Gasteiger charge is 2.30. The molecule has 1 aliphatic heterocycles. The molecule has 0 aliphatic carbocycles. The summed E-state index contributed by atoms with van der Waals surface area (Å²) in [6, 6.07) is 2.60. The molecule has 2 rings (SSSR count). The van der Waals surface area contributed by atoms with Crippen molar-refractivity contribution in [1.82, 2.24) is 14.7 Å². The Labute approximate surface area is 96.0 Å². The summed E-state index contributed by atoms with van der Waals surface area (Å²) in [5.74, 6) is 1.44. The molecule has 1 aliphatic rings. The van der Waals surface area contributed by atoms with Crippen LogP contribution in [0.25, 0.3) is 0 Å². The van der Waals surface area contributed by atoms with E-state index in [2.05, 4.69) is 23.0 Å². The Kier molecular flexibility index (Phi) is 3.32. The zero-order chi connectivity index (χ0) is 10.8. The molecule has 0 N–H and O–H groups in total. The molecule has 0 bridgehead atoms. The maximum Gasteiger partial charge on any atom is 0.0764 e. The third-order valence-electron chi connectivity index (χ3n) is 3.29. The van der Waals surface area contributed by atoms with Gasteiger partial charge in [0, 0.05) is 31.7 Å². The summed E-state index contributed by atoms with van der Waals surface area (Å²) in [5.41, 5.74) is 1.14. The Morgan fingerprint density at radius 2 is 2.40 bits per heavy atom. The molecule has 15 heavy (non-hydrogen) atoms. The molecular formula is C11H18ClN3. The molecule has 0 aromatic carbocycles. The van der Waals surface area contributed by atoms with Gasteiger partial charge in [-0.05, 0) is 24.9 Å². The highest BCUT2D eigenvalue weighted by molar-refractivity contribution is 6.18. The van der Waals surface area contributed by atoms with Crippen molar-refractivity contribution < 1.29 is 0 Å². The fourth-order valence-corrected chi connectivity index (χ4v) is 2.79. The molecule has 84 valence electrons. The largest absolute Gasteiger partial charge is 0.293 e. The zero-order valence-corrected chi connectivity index (χ0v) is 10.1. The Hall–Kier alpha value is -0.540. The lowest BCUT2D eigenvalue weighted by Gasteiger charge is -2.23. The molecule has 2 heterocycles. The normalized spacial score (nSPS) is 27.4. The summed E-state index contributed by atoms with van der Waals surface area (Å²) in [6.45, 7) is 4.36. The molecule has 1 aromatic heterocycles. The highest BCUT2D eigenvalue weighted by atomic mass is 35.5. The van der Waals surface area contributed by atoms with Gasteiger partial charge in [-0.3, -0.25) is 9.58 Å². The SMILES string of the molecule is CC1CCN(Cc2ccn(C)n2)C1CCl. The predicted molar refractivity (Wildman–Crippen MR) is 61.9 cm³/mol. The van der Waals surface area contributed by atoms with Crippen molar-refractivity contribution in [3.05, 3.63) is 18.0 Å². The summed E-state index contributed by atoms with van der Waals surface area (Å²) >= 11 is 6.00. The van der Waals surface area contributed by atoms with Crippen LogP contribution in [-0.2, 0) is 13.6 Å². The van der Waals surface area contributed by atoms with E-state index in [1.165, 1.54) is 6.42 Å². The van der Waals surface area contributed by atoms with Gasteiger partial charge < -0.3 is 0 Å². The third-order valence-corrected chi connectivity index (χ3v) is 3.61. The summed E-state index contributed by atoms with van der Waals surface area (Å²) in [5, 5.41) is 4.40. The molecule has 1 saturated heterocycles. The first-order chi connectivity index (χ1) is 7.20. The van der Waals surface area contributed by atoms with Gasteiger partial charge in [0.2, 0.25) is 0 Å². The number of alkyl halides is 1. The molecular weight excluding hydrogens is 210 g/mol. The molecule has 1 fully saturated rings. The van der Waals surface area contributed by atoms with E-state index in [9.17, 15) is 0 Å². The fraction of sp³-hybridized carbons (Fsp3) is 0.727. The molecule has 3 nitrogen and oxygen atoms in total. The van der Waals surface area contributed by atoms with Gasteiger partial charge in [-0.15, -0.1) is 11.6 Å². The van der Waals surface area contributed by atoms with E-state index >= 15 is 0 Å². The first kappa shape index (κ1) is 11.0. The van der Waals surface area contributed by atoms with Gasteiger partial charge in [0.1, 0.15) is 0 Å². The minimum Gasteiger partial charge on any atom is -0.293 e. The number of hydrogen-bond donors (Lipinski definition) is 0. The van der Waals surface area contributed by atoms with E-state index in [4.69, 9.17) is 11.6 Å². The van der Waals surface area contributed by atoms with E-state index in [0.29, 0.717) is 12.0 Å². The number of nitrogens with zero attached hydrogens (tertiary/aromatic N) is 3. The first-order valence-corrected chi connectivity index (χ1v) is 6.02. The van der Waals surface area contributed by atoms with Gasteiger partial charge in [0.25, 0.3) is 0 Å². The van der Waals surface area contributed by atoms with Crippen LogP contribution in [0.2, 0.25) is 0 Å². The number of halogens is 1. The molecule has 0 radical (unpaired) electrons. The van der Waals surface area contributed by atoms with Crippen LogP contribution in [0, 0.1) is 5.92 Å². The van der Waals surface area contributed by atoms with Crippen LogP contribution in [0.1, 0.15) is 19.0 Å². The second-order valence-corrected chi connectivity index (χ2v) is 4.75. The number of aryl methyl sites for hydroxylation is 1. The van der Waals surface area contributed by atoms with Crippen molar-refractivity contribution in [1.29, 1.82) is 0 Å². The summed E-state index contributed by atoms with van der Waals surface area (Å²) in [7, 11) is 1.95. The predicted octanol–water partition coefficient (Wildman–Crippen LogP) is 1.87. The Morgan fingerprint density at radius 1 is 1.60 bits per heavy atom. The number of likely N-dealkylation sites (tertiary alicyclic amines) is 1. The monoisotopic (exact) mass is 227 g/mol. The summed E-state index contributed by atoms with van der Waals surface area (Å²) < 4.78 is 1.85. The minimum atomic E-state index is 0.522. The van der Waals surface area contributed by atoms with E-state index in [0.717, 1.165) is 24.7 Å². The Morgan fingerprint density at radius 3 is 3.00 bits per heavy atom. The molecule has 4 heteroatoms. The van der Waals surface area contributed by atoms with Crippen LogP contribution in [0.3, 0.4) is 0 Å². The molecule has 2 unspecified atom stereocenters. The van der Waals surface area contributed by atoms with Crippen molar-refractivity contribution in [2.75, 3.05) is 12.4 Å². The van der Waals surface area contributed by atoms with Crippen LogP contribution in [-0.4, -0.2) is 33.1 Å². The lowest BCUT2D eigenvalue weighted by molar-refractivity contribution is 0.239. The number of rotatable bonds is 3. The molecule has 1 aromatic rings. The standard InChI is InChI=1S/C11H18ClN3/c1-9-3-6-15(11(9)7-12)8-10-4-5-14(2)13-10/h4-5,9,11H,3,6-8H2,1-2H3. The van der Waals surface area contributed by atoms with Gasteiger partial charge >= 0.3 is 0 Å². The average molecular weight is 228 g/mol. The molecule has 0 amide bonds. The third kappa shape index (κ3) is 2.34. The van der Waals surface area contributed by atoms with E-state index in [1.54, 1.807) is 0 Å². The number of hydrogen-bond acceptors (Lipinski definition) is 2. The first-order valence-electron chi connectivity index (χ1n) is 5.49. The topological polar surface area (TPSA) is 21.1 Å². The Bertz CT molecular complexity index is 323. The van der Waals surface area contributed by atoms with Gasteiger partial charge in [-0.2, -0.15) is 5.10 Å². The van der Waals surface area contributed by atoms with Crippen LogP contribution in [0.15, 0.2) is 12.3 Å². The van der Waals surface area contributed by atoms with Crippen molar-refractivity contribution in [3.63, 3.8) is 0 Å². The maximum absolute atomic E-state index is 6.00.